The Bertz CT molecular complexity index is 836. The molecule has 2 rings (SSSR count). The van der Waals surface area contributed by atoms with E-state index in [2.05, 4.69) is 10.6 Å². The first kappa shape index (κ1) is 18.8. The van der Waals surface area contributed by atoms with Crippen molar-refractivity contribution in [2.45, 2.75) is 0 Å². The van der Waals surface area contributed by atoms with Crippen LogP contribution in [0, 0.1) is 10.1 Å². The number of amides is 1. The van der Waals surface area contributed by atoms with E-state index >= 15 is 0 Å². The minimum absolute atomic E-state index is 0.0189. The highest BCUT2D eigenvalue weighted by Gasteiger charge is 2.09. The molecule has 0 spiro atoms. The van der Waals surface area contributed by atoms with Crippen LogP contribution < -0.4 is 15.4 Å². The van der Waals surface area contributed by atoms with Gasteiger partial charge in [-0.05, 0) is 48.6 Å². The zero-order valence-corrected chi connectivity index (χ0v) is 14.0. The summed E-state index contributed by atoms with van der Waals surface area (Å²) in [6.07, 6.45) is 0. The minimum atomic E-state index is -1.05. The van der Waals surface area contributed by atoms with Crippen molar-refractivity contribution in [2.24, 2.45) is 0 Å². The third-order valence-corrected chi connectivity index (χ3v) is 3.26. The Morgan fingerprint density at radius 3 is 2.27 bits per heavy atom. The summed E-state index contributed by atoms with van der Waals surface area (Å²) < 4.78 is 5.21. The lowest BCUT2D eigenvalue weighted by atomic mass is 10.2. The quantitative estimate of drug-likeness (QED) is 0.398. The Kier molecular flexibility index (Phi) is 6.17. The lowest BCUT2D eigenvalue weighted by Crippen LogP contribution is -2.37. The second-order valence-corrected chi connectivity index (χ2v) is 5.33. The fraction of sp³-hybridized carbons (Fsp3) is 0.0625. The maximum absolute atomic E-state index is 11.8. The number of nitrogens with one attached hydrogen (secondary N) is 2. The zero-order valence-electron chi connectivity index (χ0n) is 13.2. The molecule has 0 aliphatic heterocycles. The van der Waals surface area contributed by atoms with Crippen molar-refractivity contribution in [3.05, 3.63) is 64.2 Å². The summed E-state index contributed by atoms with van der Waals surface area (Å²) in [5.41, 5.74) is 0.555. The number of aromatic carboxylic acids is 1. The number of ether oxygens (including phenoxy) is 1. The molecular formula is C16H13N3O6S. The van der Waals surface area contributed by atoms with Crippen LogP contribution in [0.4, 0.5) is 11.4 Å². The molecule has 0 heterocycles. The van der Waals surface area contributed by atoms with E-state index < -0.39 is 16.8 Å². The number of thiocarbonyl (C=S) groups is 1. The van der Waals surface area contributed by atoms with E-state index in [1.54, 1.807) is 0 Å². The van der Waals surface area contributed by atoms with Crippen molar-refractivity contribution in [3.63, 3.8) is 0 Å². The molecule has 0 radical (unpaired) electrons. The minimum Gasteiger partial charge on any atom is -0.484 e. The van der Waals surface area contributed by atoms with Gasteiger partial charge < -0.3 is 15.2 Å². The van der Waals surface area contributed by atoms with Crippen LogP contribution >= 0.6 is 12.2 Å². The topological polar surface area (TPSA) is 131 Å². The number of carbonyl (C=O) groups excluding carboxylic acids is 1. The van der Waals surface area contributed by atoms with Crippen molar-refractivity contribution in [3.8, 4) is 5.75 Å². The number of nitro benzene ring substituents is 1. The van der Waals surface area contributed by atoms with Gasteiger partial charge in [-0.1, -0.05) is 0 Å². The molecule has 134 valence electrons. The molecule has 0 aromatic heterocycles. The summed E-state index contributed by atoms with van der Waals surface area (Å²) in [5.74, 6) is -1.27. The molecule has 2 aromatic carbocycles. The number of hydrogen-bond donors (Lipinski definition) is 3. The highest BCUT2D eigenvalue weighted by Crippen LogP contribution is 2.17. The number of hydrogen-bond acceptors (Lipinski definition) is 6. The van der Waals surface area contributed by atoms with Crippen LogP contribution in [0.2, 0.25) is 0 Å². The Balaban J connectivity index is 1.80. The van der Waals surface area contributed by atoms with E-state index in [-0.39, 0.29) is 23.0 Å². The highest BCUT2D eigenvalue weighted by atomic mass is 32.1. The van der Waals surface area contributed by atoms with Crippen LogP contribution in [0.25, 0.3) is 0 Å². The molecule has 1 amide bonds. The first-order valence-corrected chi connectivity index (χ1v) is 7.57. The summed E-state index contributed by atoms with van der Waals surface area (Å²) in [6, 6.07) is 11.1. The number of carboxylic acids is 1. The van der Waals surface area contributed by atoms with E-state index in [0.29, 0.717) is 11.4 Å². The van der Waals surface area contributed by atoms with Gasteiger partial charge in [-0.15, -0.1) is 0 Å². The number of carboxylic acid groups (broad SMARTS) is 1. The molecule has 0 unspecified atom stereocenters. The SMILES string of the molecule is O=C(COc1ccc([N+](=O)[O-])cc1)NC(=S)Nc1ccc(C(=O)O)cc1. The first-order chi connectivity index (χ1) is 12.3. The highest BCUT2D eigenvalue weighted by molar-refractivity contribution is 7.80. The lowest BCUT2D eigenvalue weighted by Gasteiger charge is -2.10. The Morgan fingerprint density at radius 2 is 1.73 bits per heavy atom. The molecule has 26 heavy (non-hydrogen) atoms. The monoisotopic (exact) mass is 375 g/mol. The van der Waals surface area contributed by atoms with Crippen LogP contribution in [-0.4, -0.2) is 33.6 Å². The van der Waals surface area contributed by atoms with Crippen molar-refractivity contribution in [1.82, 2.24) is 5.32 Å². The first-order valence-electron chi connectivity index (χ1n) is 7.16. The number of rotatable bonds is 6. The van der Waals surface area contributed by atoms with Gasteiger partial charge in [0.05, 0.1) is 10.5 Å². The summed E-state index contributed by atoms with van der Waals surface area (Å²) >= 11 is 4.98. The number of carbonyl (C=O) groups is 2. The maximum Gasteiger partial charge on any atom is 0.335 e. The van der Waals surface area contributed by atoms with Crippen LogP contribution in [0.5, 0.6) is 5.75 Å². The van der Waals surface area contributed by atoms with Crippen molar-refractivity contribution >= 4 is 40.6 Å². The van der Waals surface area contributed by atoms with Gasteiger partial charge in [0.1, 0.15) is 5.75 Å². The molecule has 0 bridgehead atoms. The van der Waals surface area contributed by atoms with Crippen molar-refractivity contribution < 1.29 is 24.4 Å². The van der Waals surface area contributed by atoms with Gasteiger partial charge in [-0.25, -0.2) is 4.79 Å². The maximum atomic E-state index is 11.8. The Hall–Kier alpha value is -3.53. The van der Waals surface area contributed by atoms with Crippen LogP contribution in [0.1, 0.15) is 10.4 Å². The number of non-ortho nitro benzene ring substituents is 1. The van der Waals surface area contributed by atoms with E-state index in [1.807, 2.05) is 0 Å². The van der Waals surface area contributed by atoms with Crippen LogP contribution in [0.3, 0.4) is 0 Å². The Morgan fingerprint density at radius 1 is 1.12 bits per heavy atom. The summed E-state index contributed by atoms with van der Waals surface area (Å²) in [5, 5.41) is 24.5. The molecule has 3 N–H and O–H groups in total. The van der Waals surface area contributed by atoms with E-state index in [1.165, 1.54) is 48.5 Å². The van der Waals surface area contributed by atoms with E-state index in [4.69, 9.17) is 22.1 Å². The van der Waals surface area contributed by atoms with Gasteiger partial charge in [0.15, 0.2) is 11.7 Å². The third-order valence-electron chi connectivity index (χ3n) is 3.06. The zero-order chi connectivity index (χ0) is 19.1. The normalized spacial score (nSPS) is 9.85. The lowest BCUT2D eigenvalue weighted by molar-refractivity contribution is -0.384. The molecule has 0 aliphatic rings. The molecule has 0 atom stereocenters. The molecule has 0 aliphatic carbocycles. The van der Waals surface area contributed by atoms with Gasteiger partial charge in [0, 0.05) is 17.8 Å². The van der Waals surface area contributed by atoms with Crippen molar-refractivity contribution in [1.29, 1.82) is 0 Å². The number of benzene rings is 2. The summed E-state index contributed by atoms with van der Waals surface area (Å²) in [6.45, 7) is -0.336. The molecule has 0 fully saturated rings. The standard InChI is InChI=1S/C16H13N3O6S/c20-14(9-25-13-7-5-12(6-8-13)19(23)24)18-16(26)17-11-3-1-10(2-4-11)15(21)22/h1-8H,9H2,(H,21,22)(H2,17,18,20,26). The van der Waals surface area contributed by atoms with Gasteiger partial charge in [-0.3, -0.25) is 20.2 Å². The fourth-order valence-corrected chi connectivity index (χ4v) is 2.07. The molecule has 0 saturated carbocycles. The molecule has 0 saturated heterocycles. The smallest absolute Gasteiger partial charge is 0.335 e. The van der Waals surface area contributed by atoms with Crippen molar-refractivity contribution in [2.75, 3.05) is 11.9 Å². The van der Waals surface area contributed by atoms with E-state index in [9.17, 15) is 19.7 Å². The molecule has 9 nitrogen and oxygen atoms in total. The third kappa shape index (κ3) is 5.53. The van der Waals surface area contributed by atoms with Gasteiger partial charge >= 0.3 is 5.97 Å². The average Bonchev–Trinajstić information content (AvgIpc) is 2.60. The second-order valence-electron chi connectivity index (χ2n) is 4.92. The van der Waals surface area contributed by atoms with Crippen LogP contribution in [-0.2, 0) is 4.79 Å². The average molecular weight is 375 g/mol. The predicted octanol–water partition coefficient (Wildman–Crippen LogP) is 2.18. The second kappa shape index (κ2) is 8.53. The van der Waals surface area contributed by atoms with Gasteiger partial charge in [0.25, 0.3) is 11.6 Å². The summed E-state index contributed by atoms with van der Waals surface area (Å²) in [4.78, 5) is 32.6. The largest absolute Gasteiger partial charge is 0.484 e. The molecule has 2 aromatic rings. The molecular weight excluding hydrogens is 362 g/mol. The predicted molar refractivity (Wildman–Crippen MR) is 96.4 cm³/mol. The summed E-state index contributed by atoms with van der Waals surface area (Å²) in [7, 11) is 0. The van der Waals surface area contributed by atoms with Crippen LogP contribution in [0.15, 0.2) is 48.5 Å². The number of nitro groups is 1. The number of nitrogens with zero attached hydrogens (tertiary/aromatic N) is 1. The van der Waals surface area contributed by atoms with Gasteiger partial charge in [0.2, 0.25) is 0 Å². The number of anilines is 1. The molecule has 10 heteroatoms. The van der Waals surface area contributed by atoms with Gasteiger partial charge in [-0.2, -0.15) is 0 Å². The fourth-order valence-electron chi connectivity index (χ4n) is 1.83. The van der Waals surface area contributed by atoms with E-state index in [0.717, 1.165) is 0 Å². The Labute approximate surface area is 152 Å².